The first-order valence-electron chi connectivity index (χ1n) is 8.41. The zero-order valence-corrected chi connectivity index (χ0v) is 14.2. The number of Topliss-reactive ketones (excluding diaryl/α,β-unsaturated/α-hetero) is 1. The first-order chi connectivity index (χ1) is 10.1. The van der Waals surface area contributed by atoms with Crippen LogP contribution in [0.25, 0.3) is 0 Å². The molecule has 21 heavy (non-hydrogen) atoms. The largest absolute Gasteiger partial charge is 0.304 e. The lowest BCUT2D eigenvalue weighted by atomic mass is 9.99. The first kappa shape index (κ1) is 17.9. The summed E-state index contributed by atoms with van der Waals surface area (Å²) in [7, 11) is 0. The molecule has 0 amide bonds. The summed E-state index contributed by atoms with van der Waals surface area (Å²) >= 11 is 0. The number of benzene rings is 1. The molecule has 2 nitrogen and oxygen atoms in total. The van der Waals surface area contributed by atoms with Crippen molar-refractivity contribution >= 4 is 5.78 Å². The maximum absolute atomic E-state index is 12.1. The predicted molar refractivity (Wildman–Crippen MR) is 91.0 cm³/mol. The van der Waals surface area contributed by atoms with E-state index in [2.05, 4.69) is 44.7 Å². The highest BCUT2D eigenvalue weighted by atomic mass is 16.1. The van der Waals surface area contributed by atoms with Gasteiger partial charge >= 0.3 is 0 Å². The van der Waals surface area contributed by atoms with Crippen LogP contribution in [-0.2, 0) is 6.42 Å². The summed E-state index contributed by atoms with van der Waals surface area (Å²) in [6.45, 7) is 12.1. The van der Waals surface area contributed by atoms with E-state index >= 15 is 0 Å². The van der Waals surface area contributed by atoms with E-state index < -0.39 is 0 Å². The fourth-order valence-corrected chi connectivity index (χ4v) is 2.60. The van der Waals surface area contributed by atoms with Gasteiger partial charge in [-0.1, -0.05) is 52.0 Å². The number of unbranched alkanes of at least 4 members (excludes halogenated alkanes) is 1. The van der Waals surface area contributed by atoms with Crippen molar-refractivity contribution in [3.63, 3.8) is 0 Å². The summed E-state index contributed by atoms with van der Waals surface area (Å²) in [6, 6.07) is 8.18. The van der Waals surface area contributed by atoms with Crippen molar-refractivity contribution < 1.29 is 4.79 Å². The van der Waals surface area contributed by atoms with Crippen molar-refractivity contribution in [1.82, 2.24) is 4.90 Å². The van der Waals surface area contributed by atoms with Gasteiger partial charge in [-0.25, -0.2) is 0 Å². The van der Waals surface area contributed by atoms with Crippen molar-refractivity contribution in [3.05, 3.63) is 35.4 Å². The summed E-state index contributed by atoms with van der Waals surface area (Å²) in [5.41, 5.74) is 2.19. The van der Waals surface area contributed by atoms with Gasteiger partial charge in [-0.15, -0.1) is 0 Å². The van der Waals surface area contributed by atoms with Crippen molar-refractivity contribution in [3.8, 4) is 0 Å². The highest BCUT2D eigenvalue weighted by Gasteiger charge is 2.07. The molecule has 0 bridgehead atoms. The van der Waals surface area contributed by atoms with Gasteiger partial charge in [0.1, 0.15) is 0 Å². The zero-order chi connectivity index (χ0) is 15.7. The first-order valence-corrected chi connectivity index (χ1v) is 8.41. The number of carbonyl (C=O) groups excluding carboxylic acids is 1. The van der Waals surface area contributed by atoms with E-state index in [-0.39, 0.29) is 5.78 Å². The van der Waals surface area contributed by atoms with Crippen LogP contribution in [0.2, 0.25) is 0 Å². The third-order valence-corrected chi connectivity index (χ3v) is 3.94. The van der Waals surface area contributed by atoms with E-state index in [1.165, 1.54) is 5.56 Å². The molecule has 0 aromatic heterocycles. The van der Waals surface area contributed by atoms with Gasteiger partial charge in [0.05, 0.1) is 0 Å². The summed E-state index contributed by atoms with van der Waals surface area (Å²) in [6.07, 6.45) is 3.85. The molecule has 1 aromatic carbocycles. The molecule has 0 saturated heterocycles. The van der Waals surface area contributed by atoms with Crippen LogP contribution >= 0.6 is 0 Å². The van der Waals surface area contributed by atoms with Crippen molar-refractivity contribution in [2.24, 2.45) is 5.92 Å². The molecule has 0 aliphatic heterocycles. The van der Waals surface area contributed by atoms with Crippen LogP contribution in [0.15, 0.2) is 24.3 Å². The molecule has 0 fully saturated rings. The maximum atomic E-state index is 12.1. The topological polar surface area (TPSA) is 20.3 Å². The molecule has 0 N–H and O–H groups in total. The van der Waals surface area contributed by atoms with Gasteiger partial charge in [-0.3, -0.25) is 4.79 Å². The minimum Gasteiger partial charge on any atom is -0.304 e. The third kappa shape index (κ3) is 6.90. The van der Waals surface area contributed by atoms with Crippen molar-refractivity contribution in [1.29, 1.82) is 0 Å². The smallest absolute Gasteiger partial charge is 0.162 e. The van der Waals surface area contributed by atoms with E-state index in [0.29, 0.717) is 12.3 Å². The molecule has 0 heterocycles. The predicted octanol–water partition coefficient (Wildman–Crippen LogP) is 4.58. The Hall–Kier alpha value is -1.15. The van der Waals surface area contributed by atoms with Gasteiger partial charge < -0.3 is 4.90 Å². The molecule has 0 radical (unpaired) electrons. The number of hydrogen-bond acceptors (Lipinski definition) is 2. The Balaban J connectivity index is 2.35. The number of hydrogen-bond donors (Lipinski definition) is 0. The van der Waals surface area contributed by atoms with Crippen LogP contribution in [0.1, 0.15) is 62.9 Å². The molecular formula is C19H31NO. The normalized spacial score (nSPS) is 11.3. The van der Waals surface area contributed by atoms with Gasteiger partial charge in [0.15, 0.2) is 5.78 Å². The lowest BCUT2D eigenvalue weighted by Gasteiger charge is -2.17. The van der Waals surface area contributed by atoms with Crippen LogP contribution in [0.3, 0.4) is 0 Å². The highest BCUT2D eigenvalue weighted by molar-refractivity contribution is 5.96. The lowest BCUT2D eigenvalue weighted by molar-refractivity contribution is 0.0978. The van der Waals surface area contributed by atoms with Crippen LogP contribution in [0.4, 0.5) is 0 Å². The Morgan fingerprint density at radius 2 is 1.67 bits per heavy atom. The summed E-state index contributed by atoms with van der Waals surface area (Å²) in [4.78, 5) is 14.6. The highest BCUT2D eigenvalue weighted by Crippen LogP contribution is 2.12. The van der Waals surface area contributed by atoms with Crippen LogP contribution in [0.5, 0.6) is 0 Å². The molecule has 1 rings (SSSR count). The number of carbonyl (C=O) groups is 1. The number of nitrogens with zero attached hydrogens (tertiary/aromatic N) is 1. The summed E-state index contributed by atoms with van der Waals surface area (Å²) in [5.74, 6) is 0.942. The maximum Gasteiger partial charge on any atom is 0.162 e. The summed E-state index contributed by atoms with van der Waals surface area (Å²) in [5, 5.41) is 0. The standard InChI is InChI=1S/C19H31NO/c1-5-20(6-2)14-8-7-9-19(21)18-12-10-17(11-13-18)15-16(3)4/h10-13,16H,5-9,14-15H2,1-4H3. The second-order valence-electron chi connectivity index (χ2n) is 6.20. The van der Waals surface area contributed by atoms with Gasteiger partial charge in [0.25, 0.3) is 0 Å². The van der Waals surface area contributed by atoms with Crippen molar-refractivity contribution in [2.75, 3.05) is 19.6 Å². The molecule has 2 heteroatoms. The average molecular weight is 289 g/mol. The van der Waals surface area contributed by atoms with E-state index in [9.17, 15) is 4.79 Å². The second kappa shape index (κ2) is 9.73. The average Bonchev–Trinajstić information content (AvgIpc) is 2.47. The minimum absolute atomic E-state index is 0.283. The fourth-order valence-electron chi connectivity index (χ4n) is 2.60. The van der Waals surface area contributed by atoms with Crippen LogP contribution in [-0.4, -0.2) is 30.3 Å². The van der Waals surface area contributed by atoms with E-state index in [4.69, 9.17) is 0 Å². The third-order valence-electron chi connectivity index (χ3n) is 3.94. The molecule has 0 aliphatic carbocycles. The molecule has 0 atom stereocenters. The number of rotatable bonds is 10. The van der Waals surface area contributed by atoms with Crippen LogP contribution < -0.4 is 0 Å². The molecule has 0 saturated carbocycles. The van der Waals surface area contributed by atoms with Gasteiger partial charge in [0.2, 0.25) is 0 Å². The Morgan fingerprint density at radius 1 is 1.05 bits per heavy atom. The molecular weight excluding hydrogens is 258 g/mol. The molecule has 0 unspecified atom stereocenters. The van der Waals surface area contributed by atoms with Crippen LogP contribution in [0, 0.1) is 5.92 Å². The van der Waals surface area contributed by atoms with Gasteiger partial charge in [-0.05, 0) is 50.4 Å². The minimum atomic E-state index is 0.283. The lowest BCUT2D eigenvalue weighted by Crippen LogP contribution is -2.24. The summed E-state index contributed by atoms with van der Waals surface area (Å²) < 4.78 is 0. The van der Waals surface area contributed by atoms with E-state index in [1.807, 2.05) is 12.1 Å². The Morgan fingerprint density at radius 3 is 2.19 bits per heavy atom. The van der Waals surface area contributed by atoms with E-state index in [1.54, 1.807) is 0 Å². The SMILES string of the molecule is CCN(CC)CCCCC(=O)c1ccc(CC(C)C)cc1. The second-order valence-corrected chi connectivity index (χ2v) is 6.20. The van der Waals surface area contributed by atoms with Gasteiger partial charge in [-0.2, -0.15) is 0 Å². The fraction of sp³-hybridized carbons (Fsp3) is 0.632. The van der Waals surface area contributed by atoms with Gasteiger partial charge in [0, 0.05) is 12.0 Å². The van der Waals surface area contributed by atoms with E-state index in [0.717, 1.165) is 44.5 Å². The molecule has 1 aromatic rings. The Kier molecular flexibility index (Phi) is 8.29. The monoisotopic (exact) mass is 289 g/mol. The Labute approximate surface area is 130 Å². The number of ketones is 1. The quantitative estimate of drug-likeness (QED) is 0.464. The Bertz CT molecular complexity index is 404. The van der Waals surface area contributed by atoms with Crippen molar-refractivity contribution in [2.45, 2.75) is 53.4 Å². The zero-order valence-electron chi connectivity index (χ0n) is 14.2. The molecule has 0 aliphatic rings. The molecule has 0 spiro atoms. The molecule has 118 valence electrons.